The zero-order valence-corrected chi connectivity index (χ0v) is 30.7. The van der Waals surface area contributed by atoms with Gasteiger partial charge in [0, 0.05) is 33.5 Å². The third-order valence-electron chi connectivity index (χ3n) is 7.35. The predicted octanol–water partition coefficient (Wildman–Crippen LogP) is 6.15. The lowest BCUT2D eigenvalue weighted by Gasteiger charge is -2.39. The molecule has 0 aliphatic carbocycles. The van der Waals surface area contributed by atoms with Gasteiger partial charge in [-0.15, -0.1) is 0 Å². The monoisotopic (exact) mass is 686 g/mol. The highest BCUT2D eigenvalue weighted by Crippen LogP contribution is 2.28. The number of rotatable bonds is 16. The molecule has 2 amide bonds. The number of nitrogens with zero attached hydrogens (tertiary/aromatic N) is 2. The topological polar surface area (TPSA) is 130 Å². The molecule has 2 aromatic rings. The van der Waals surface area contributed by atoms with Gasteiger partial charge in [0.25, 0.3) is 0 Å². The molecule has 0 bridgehead atoms. The van der Waals surface area contributed by atoms with Gasteiger partial charge in [-0.05, 0) is 66.5 Å². The fraction of sp³-hybridized carbons (Fsp3) is 0.568. The molecular weight excluding hydrogens is 632 g/mol. The van der Waals surface area contributed by atoms with Crippen molar-refractivity contribution in [3.05, 3.63) is 71.8 Å². The molecule has 0 heterocycles. The van der Waals surface area contributed by atoms with Crippen LogP contribution in [0.3, 0.4) is 0 Å². The molecule has 2 unspecified atom stereocenters. The van der Waals surface area contributed by atoms with Gasteiger partial charge in [-0.3, -0.25) is 9.80 Å². The Morgan fingerprint density at radius 3 is 1.16 bits per heavy atom. The SMILES string of the molecule is COCN(C(=O)OC(C)(C)C)C(C)(Cc1ccccc1)C(=O)OCCCOC(=O)C(C)(Cc1ccccc1)N(COC)C(=O)OC(C)(C)C. The van der Waals surface area contributed by atoms with Crippen molar-refractivity contribution in [2.75, 3.05) is 40.9 Å². The molecule has 0 fully saturated rings. The van der Waals surface area contributed by atoms with Gasteiger partial charge in [0.15, 0.2) is 0 Å². The van der Waals surface area contributed by atoms with Crippen molar-refractivity contribution < 1.29 is 47.6 Å². The zero-order valence-electron chi connectivity index (χ0n) is 30.7. The van der Waals surface area contributed by atoms with Crippen LogP contribution < -0.4 is 0 Å². The molecule has 0 aliphatic rings. The van der Waals surface area contributed by atoms with E-state index in [1.165, 1.54) is 24.0 Å². The summed E-state index contributed by atoms with van der Waals surface area (Å²) >= 11 is 0. The van der Waals surface area contributed by atoms with Crippen LogP contribution in [0.5, 0.6) is 0 Å². The van der Waals surface area contributed by atoms with E-state index in [9.17, 15) is 19.2 Å². The van der Waals surface area contributed by atoms with Crippen molar-refractivity contribution in [2.45, 2.75) is 96.9 Å². The molecular formula is C37H54N2O10. The summed E-state index contributed by atoms with van der Waals surface area (Å²) in [6.07, 6.45) is -1.07. The number of methoxy groups -OCH3 is 2. The number of amides is 2. The Morgan fingerprint density at radius 1 is 0.551 bits per heavy atom. The second-order valence-corrected chi connectivity index (χ2v) is 14.2. The highest BCUT2D eigenvalue weighted by Gasteiger charge is 2.47. The normalized spacial score (nSPS) is 14.1. The van der Waals surface area contributed by atoms with Crippen molar-refractivity contribution in [3.8, 4) is 0 Å². The molecule has 12 nitrogen and oxygen atoms in total. The quantitative estimate of drug-likeness (QED) is 0.0878. The molecule has 0 N–H and O–H groups in total. The highest BCUT2D eigenvalue weighted by atomic mass is 16.6. The van der Waals surface area contributed by atoms with Crippen LogP contribution in [-0.2, 0) is 50.9 Å². The maximum absolute atomic E-state index is 13.8. The van der Waals surface area contributed by atoms with Crippen molar-refractivity contribution in [3.63, 3.8) is 0 Å². The van der Waals surface area contributed by atoms with Gasteiger partial charge >= 0.3 is 24.1 Å². The lowest BCUT2D eigenvalue weighted by Crippen LogP contribution is -2.59. The van der Waals surface area contributed by atoms with Gasteiger partial charge in [0.2, 0.25) is 0 Å². The number of benzene rings is 2. The van der Waals surface area contributed by atoms with Crippen molar-refractivity contribution in [1.82, 2.24) is 9.80 Å². The smallest absolute Gasteiger partial charge is 0.413 e. The molecule has 2 rings (SSSR count). The Balaban J connectivity index is 2.23. The van der Waals surface area contributed by atoms with Crippen LogP contribution in [0.15, 0.2) is 60.7 Å². The molecule has 0 aromatic heterocycles. The maximum Gasteiger partial charge on any atom is 0.413 e. The lowest BCUT2D eigenvalue weighted by molar-refractivity contribution is -0.163. The van der Waals surface area contributed by atoms with Gasteiger partial charge in [0.05, 0.1) is 13.2 Å². The second-order valence-electron chi connectivity index (χ2n) is 14.2. The summed E-state index contributed by atoms with van der Waals surface area (Å²) in [5, 5.41) is 0. The van der Waals surface area contributed by atoms with Gasteiger partial charge in [-0.1, -0.05) is 60.7 Å². The van der Waals surface area contributed by atoms with Crippen LogP contribution in [-0.4, -0.2) is 97.1 Å². The van der Waals surface area contributed by atoms with Gasteiger partial charge in [0.1, 0.15) is 35.7 Å². The van der Waals surface area contributed by atoms with Gasteiger partial charge in [-0.25, -0.2) is 19.2 Å². The summed E-state index contributed by atoms with van der Waals surface area (Å²) in [6.45, 7) is 12.9. The first-order chi connectivity index (χ1) is 22.9. The van der Waals surface area contributed by atoms with Crippen LogP contribution in [0.4, 0.5) is 9.59 Å². The summed E-state index contributed by atoms with van der Waals surface area (Å²) in [5.41, 5.74) is -3.05. The molecule has 0 radical (unpaired) electrons. The van der Waals surface area contributed by atoms with E-state index in [0.717, 1.165) is 11.1 Å². The summed E-state index contributed by atoms with van der Waals surface area (Å²) in [7, 11) is 2.84. The molecule has 2 atom stereocenters. The zero-order chi connectivity index (χ0) is 36.9. The van der Waals surface area contributed by atoms with E-state index in [1.54, 1.807) is 55.4 Å². The van der Waals surface area contributed by atoms with Crippen LogP contribution in [0.1, 0.15) is 72.9 Å². The molecule has 272 valence electrons. The van der Waals surface area contributed by atoms with Crippen molar-refractivity contribution in [2.24, 2.45) is 0 Å². The van der Waals surface area contributed by atoms with Gasteiger partial charge in [-0.2, -0.15) is 0 Å². The van der Waals surface area contributed by atoms with E-state index in [4.69, 9.17) is 28.4 Å². The fourth-order valence-electron chi connectivity index (χ4n) is 4.93. The van der Waals surface area contributed by atoms with Crippen LogP contribution in [0.2, 0.25) is 0 Å². The van der Waals surface area contributed by atoms with Crippen LogP contribution in [0, 0.1) is 0 Å². The lowest BCUT2D eigenvalue weighted by atomic mass is 9.91. The Labute approximate surface area is 290 Å². The molecule has 12 heteroatoms. The number of ether oxygens (including phenoxy) is 6. The first-order valence-corrected chi connectivity index (χ1v) is 16.3. The number of carbonyl (C=O) groups excluding carboxylic acids is 4. The summed E-state index contributed by atoms with van der Waals surface area (Å²) in [4.78, 5) is 56.6. The highest BCUT2D eigenvalue weighted by molar-refractivity contribution is 5.86. The van der Waals surface area contributed by atoms with E-state index in [2.05, 4.69) is 0 Å². The fourth-order valence-corrected chi connectivity index (χ4v) is 4.93. The summed E-state index contributed by atoms with van der Waals surface area (Å²) in [5.74, 6) is -1.37. The van der Waals surface area contributed by atoms with E-state index >= 15 is 0 Å². The Kier molecular flexibility index (Phi) is 15.1. The molecule has 0 spiro atoms. The number of esters is 2. The number of hydrogen-bond acceptors (Lipinski definition) is 10. The van der Waals surface area contributed by atoms with Gasteiger partial charge < -0.3 is 28.4 Å². The van der Waals surface area contributed by atoms with E-state index in [0.29, 0.717) is 0 Å². The Morgan fingerprint density at radius 2 is 0.878 bits per heavy atom. The van der Waals surface area contributed by atoms with Crippen LogP contribution in [0.25, 0.3) is 0 Å². The Hall–Kier alpha value is -4.16. The second kappa shape index (κ2) is 18.0. The largest absolute Gasteiger partial charge is 0.464 e. The van der Waals surface area contributed by atoms with Crippen LogP contribution >= 0.6 is 0 Å². The minimum absolute atomic E-state index is 0.116. The molecule has 0 saturated heterocycles. The molecule has 0 aliphatic heterocycles. The van der Waals surface area contributed by atoms with E-state index in [1.807, 2.05) is 60.7 Å². The average molecular weight is 687 g/mol. The number of carbonyl (C=O) groups is 4. The third kappa shape index (κ3) is 12.7. The summed E-state index contributed by atoms with van der Waals surface area (Å²) < 4.78 is 33.2. The first kappa shape index (κ1) is 41.0. The van der Waals surface area contributed by atoms with Crippen molar-refractivity contribution >= 4 is 24.1 Å². The molecule has 49 heavy (non-hydrogen) atoms. The standard InChI is InChI=1S/C37H54N2O10/c1-34(2,3)48-32(42)38(26-44-9)36(7,24-28-18-13-11-14-19-28)30(40)46-22-17-23-47-31(41)37(8,25-29-20-15-12-16-21-29)39(27-45-10)33(43)49-35(4,5)6/h11-16,18-21H,17,22-27H2,1-10H3. The molecule has 0 saturated carbocycles. The Bertz CT molecular complexity index is 1250. The molecule has 2 aromatic carbocycles. The number of hydrogen-bond donors (Lipinski definition) is 0. The van der Waals surface area contributed by atoms with Crippen molar-refractivity contribution in [1.29, 1.82) is 0 Å². The average Bonchev–Trinajstić information content (AvgIpc) is 3.01. The summed E-state index contributed by atoms with van der Waals surface area (Å²) in [6, 6.07) is 18.5. The third-order valence-corrected chi connectivity index (χ3v) is 7.35. The maximum atomic E-state index is 13.8. The van der Waals surface area contributed by atoms with E-state index < -0.39 is 46.4 Å². The minimum Gasteiger partial charge on any atom is -0.464 e. The predicted molar refractivity (Wildman–Crippen MR) is 184 cm³/mol. The minimum atomic E-state index is -1.50. The first-order valence-electron chi connectivity index (χ1n) is 16.3. The van der Waals surface area contributed by atoms with E-state index in [-0.39, 0.29) is 45.9 Å².